The Hall–Kier alpha value is -0.970. The van der Waals surface area contributed by atoms with E-state index < -0.39 is 0 Å². The van der Waals surface area contributed by atoms with Crippen LogP contribution in [0.25, 0.3) is 0 Å². The highest BCUT2D eigenvalue weighted by atomic mass is 32.2. The quantitative estimate of drug-likeness (QED) is 0.714. The molecule has 0 amide bonds. The summed E-state index contributed by atoms with van der Waals surface area (Å²) in [6, 6.07) is 0. The average molecular weight is 213 g/mol. The van der Waals surface area contributed by atoms with Gasteiger partial charge in [0.15, 0.2) is 0 Å². The molecule has 0 unspecified atom stereocenters. The highest BCUT2D eigenvalue weighted by molar-refractivity contribution is 7.98. The molecule has 0 bridgehead atoms. The van der Waals surface area contributed by atoms with Crippen LogP contribution < -0.4 is 11.3 Å². The van der Waals surface area contributed by atoms with Gasteiger partial charge in [0.1, 0.15) is 0 Å². The molecule has 0 aliphatic rings. The van der Waals surface area contributed by atoms with E-state index in [1.165, 1.54) is 22.6 Å². The zero-order valence-corrected chi connectivity index (χ0v) is 9.68. The fourth-order valence-electron chi connectivity index (χ4n) is 1.13. The Morgan fingerprint density at radius 3 is 2.50 bits per heavy atom. The highest BCUT2D eigenvalue weighted by Crippen LogP contribution is 2.18. The van der Waals surface area contributed by atoms with E-state index in [0.717, 1.165) is 0 Å². The number of aromatic nitrogens is 2. The number of nitrogens with zero attached hydrogens (tertiary/aromatic N) is 2. The monoisotopic (exact) mass is 213 g/mol. The lowest BCUT2D eigenvalue weighted by Gasteiger charge is -2.21. The summed E-state index contributed by atoms with van der Waals surface area (Å²) >= 11 is 1.35. The van der Waals surface area contributed by atoms with E-state index in [1.807, 2.05) is 27.0 Å². The minimum atomic E-state index is -0.310. The summed E-state index contributed by atoms with van der Waals surface area (Å²) < 4.78 is 1.45. The Labute approximate surface area is 87.5 Å². The minimum Gasteiger partial charge on any atom is -0.396 e. The summed E-state index contributed by atoms with van der Waals surface area (Å²) in [6.07, 6.45) is 3.36. The molecule has 1 aromatic rings. The van der Waals surface area contributed by atoms with Crippen molar-refractivity contribution >= 4 is 17.4 Å². The fourth-order valence-corrected chi connectivity index (χ4v) is 1.68. The molecule has 1 heterocycles. The Kier molecular flexibility index (Phi) is 2.89. The van der Waals surface area contributed by atoms with Crippen molar-refractivity contribution in [1.82, 2.24) is 9.78 Å². The van der Waals surface area contributed by atoms with Gasteiger partial charge in [-0.3, -0.25) is 4.79 Å². The Bertz CT molecular complexity index is 392. The third-order valence-corrected chi connectivity index (χ3v) is 2.62. The van der Waals surface area contributed by atoms with Crippen LogP contribution in [0.3, 0.4) is 0 Å². The lowest BCUT2D eigenvalue weighted by molar-refractivity contribution is 0.334. The number of anilines is 1. The van der Waals surface area contributed by atoms with Gasteiger partial charge in [0.05, 0.1) is 22.3 Å². The Balaban J connectivity index is 3.44. The SMILES string of the molecule is CSc1c(N)cnn(C(C)(C)C)c1=O. The molecule has 0 aliphatic heterocycles. The van der Waals surface area contributed by atoms with Crippen molar-refractivity contribution in [2.45, 2.75) is 31.2 Å². The fraction of sp³-hybridized carbons (Fsp3) is 0.556. The van der Waals surface area contributed by atoms with Gasteiger partial charge < -0.3 is 5.73 Å². The molecule has 4 nitrogen and oxygen atoms in total. The van der Waals surface area contributed by atoms with Crippen molar-refractivity contribution in [1.29, 1.82) is 0 Å². The summed E-state index contributed by atoms with van der Waals surface area (Å²) in [6.45, 7) is 5.80. The summed E-state index contributed by atoms with van der Waals surface area (Å²) in [4.78, 5) is 12.4. The van der Waals surface area contributed by atoms with E-state index in [4.69, 9.17) is 5.73 Å². The molecule has 1 rings (SSSR count). The van der Waals surface area contributed by atoms with E-state index in [0.29, 0.717) is 10.6 Å². The molecule has 5 heteroatoms. The van der Waals surface area contributed by atoms with Gasteiger partial charge in [-0.25, -0.2) is 4.68 Å². The first-order valence-electron chi connectivity index (χ1n) is 4.30. The third kappa shape index (κ3) is 1.92. The number of hydrogen-bond acceptors (Lipinski definition) is 4. The lowest BCUT2D eigenvalue weighted by Crippen LogP contribution is -2.36. The van der Waals surface area contributed by atoms with Crippen LogP contribution in [0.5, 0.6) is 0 Å². The summed E-state index contributed by atoms with van der Waals surface area (Å²) in [5, 5.41) is 4.02. The Morgan fingerprint density at radius 2 is 2.07 bits per heavy atom. The number of nitrogen functional groups attached to an aromatic ring is 1. The third-order valence-electron chi connectivity index (χ3n) is 1.80. The van der Waals surface area contributed by atoms with Crippen LogP contribution in [-0.2, 0) is 5.54 Å². The van der Waals surface area contributed by atoms with Gasteiger partial charge in [-0.15, -0.1) is 11.8 Å². The van der Waals surface area contributed by atoms with E-state index in [-0.39, 0.29) is 11.1 Å². The highest BCUT2D eigenvalue weighted by Gasteiger charge is 2.18. The van der Waals surface area contributed by atoms with Gasteiger partial charge >= 0.3 is 0 Å². The summed E-state index contributed by atoms with van der Waals surface area (Å²) in [7, 11) is 0. The van der Waals surface area contributed by atoms with Crippen LogP contribution in [-0.4, -0.2) is 16.0 Å². The van der Waals surface area contributed by atoms with Crippen molar-refractivity contribution in [2.75, 3.05) is 12.0 Å². The Morgan fingerprint density at radius 1 is 1.50 bits per heavy atom. The van der Waals surface area contributed by atoms with Crippen LogP contribution in [0.1, 0.15) is 20.8 Å². The van der Waals surface area contributed by atoms with Crippen LogP contribution in [0, 0.1) is 0 Å². The standard InChI is InChI=1S/C9H15N3OS/c1-9(2,3)12-8(13)7(14-4)6(10)5-11-12/h5H,10H2,1-4H3. The van der Waals surface area contributed by atoms with E-state index >= 15 is 0 Å². The molecule has 2 N–H and O–H groups in total. The predicted octanol–water partition coefficient (Wildman–Crippen LogP) is 1.30. The van der Waals surface area contributed by atoms with E-state index in [9.17, 15) is 4.79 Å². The maximum Gasteiger partial charge on any atom is 0.283 e. The first-order chi connectivity index (χ1) is 6.38. The molecule has 0 fully saturated rings. The minimum absolute atomic E-state index is 0.120. The smallest absolute Gasteiger partial charge is 0.283 e. The first-order valence-corrected chi connectivity index (χ1v) is 5.52. The number of nitrogens with two attached hydrogens (primary N) is 1. The van der Waals surface area contributed by atoms with Crippen molar-refractivity contribution in [3.8, 4) is 0 Å². The largest absolute Gasteiger partial charge is 0.396 e. The average Bonchev–Trinajstić information content (AvgIpc) is 2.02. The molecule has 14 heavy (non-hydrogen) atoms. The first kappa shape index (κ1) is 11.1. The van der Waals surface area contributed by atoms with Gasteiger partial charge in [-0.2, -0.15) is 5.10 Å². The number of hydrogen-bond donors (Lipinski definition) is 1. The molecule has 0 saturated carbocycles. The van der Waals surface area contributed by atoms with E-state index in [1.54, 1.807) is 0 Å². The van der Waals surface area contributed by atoms with Crippen LogP contribution in [0.2, 0.25) is 0 Å². The van der Waals surface area contributed by atoms with Gasteiger partial charge in [0.2, 0.25) is 0 Å². The van der Waals surface area contributed by atoms with Crippen molar-refractivity contribution in [2.24, 2.45) is 0 Å². The van der Waals surface area contributed by atoms with E-state index in [2.05, 4.69) is 5.10 Å². The zero-order valence-electron chi connectivity index (χ0n) is 8.87. The molecule has 1 aromatic heterocycles. The summed E-state index contributed by atoms with van der Waals surface area (Å²) in [5.41, 5.74) is 5.66. The molecule has 0 radical (unpaired) electrons. The molecular formula is C9H15N3OS. The van der Waals surface area contributed by atoms with Crippen LogP contribution >= 0.6 is 11.8 Å². The molecular weight excluding hydrogens is 198 g/mol. The zero-order chi connectivity index (χ0) is 10.9. The summed E-state index contributed by atoms with van der Waals surface area (Å²) in [5.74, 6) is 0. The normalized spacial score (nSPS) is 11.7. The maximum atomic E-state index is 11.9. The maximum absolute atomic E-state index is 11.9. The van der Waals surface area contributed by atoms with Gasteiger partial charge in [-0.1, -0.05) is 0 Å². The molecule has 0 saturated heterocycles. The molecule has 78 valence electrons. The molecule has 0 spiro atoms. The van der Waals surface area contributed by atoms with Crippen molar-refractivity contribution < 1.29 is 0 Å². The second-order valence-electron chi connectivity index (χ2n) is 4.02. The van der Waals surface area contributed by atoms with Crippen LogP contribution in [0.4, 0.5) is 5.69 Å². The second kappa shape index (κ2) is 3.65. The number of thioether (sulfide) groups is 1. The van der Waals surface area contributed by atoms with Gasteiger partial charge in [0, 0.05) is 0 Å². The van der Waals surface area contributed by atoms with Crippen molar-refractivity contribution in [3.63, 3.8) is 0 Å². The lowest BCUT2D eigenvalue weighted by atomic mass is 10.1. The second-order valence-corrected chi connectivity index (χ2v) is 4.84. The van der Waals surface area contributed by atoms with Crippen LogP contribution in [0.15, 0.2) is 15.9 Å². The number of rotatable bonds is 1. The predicted molar refractivity (Wildman–Crippen MR) is 59.7 cm³/mol. The van der Waals surface area contributed by atoms with Gasteiger partial charge in [-0.05, 0) is 27.0 Å². The topological polar surface area (TPSA) is 60.9 Å². The molecule has 0 aromatic carbocycles. The molecule has 0 atom stereocenters. The molecule has 0 aliphatic carbocycles. The van der Waals surface area contributed by atoms with Gasteiger partial charge in [0.25, 0.3) is 5.56 Å². The van der Waals surface area contributed by atoms with Crippen molar-refractivity contribution in [3.05, 3.63) is 16.6 Å².